The molecule has 1 aliphatic heterocycles. The molecule has 2 amide bonds. The third-order valence-electron chi connectivity index (χ3n) is 2.65. The van der Waals surface area contributed by atoms with Gasteiger partial charge in [-0.25, -0.2) is 4.79 Å². The van der Waals surface area contributed by atoms with E-state index < -0.39 is 0 Å². The molecule has 0 aromatic carbocycles. The number of piperidine rings is 1. The van der Waals surface area contributed by atoms with Crippen molar-refractivity contribution in [3.63, 3.8) is 0 Å². The van der Waals surface area contributed by atoms with E-state index in [1.807, 2.05) is 4.90 Å². The van der Waals surface area contributed by atoms with Crippen molar-refractivity contribution >= 4 is 6.03 Å². The quantitative estimate of drug-likeness (QED) is 0.706. The Hall–Kier alpha value is -0.770. The van der Waals surface area contributed by atoms with Crippen LogP contribution in [-0.4, -0.2) is 43.7 Å². The zero-order valence-electron chi connectivity index (χ0n) is 9.18. The van der Waals surface area contributed by atoms with E-state index in [1.54, 1.807) is 7.05 Å². The summed E-state index contributed by atoms with van der Waals surface area (Å²) in [6.45, 7) is 4.98. The molecule has 1 fully saturated rings. The van der Waals surface area contributed by atoms with E-state index in [4.69, 9.17) is 0 Å². The van der Waals surface area contributed by atoms with Gasteiger partial charge in [0.2, 0.25) is 0 Å². The van der Waals surface area contributed by atoms with Crippen LogP contribution in [0.1, 0.15) is 26.2 Å². The van der Waals surface area contributed by atoms with Crippen LogP contribution in [-0.2, 0) is 0 Å². The Labute approximate surface area is 86.0 Å². The maximum atomic E-state index is 11.6. The first-order chi connectivity index (χ1) is 6.79. The molecule has 4 heteroatoms. The normalized spacial score (nSPS) is 21.7. The Morgan fingerprint density at radius 2 is 2.43 bits per heavy atom. The van der Waals surface area contributed by atoms with Gasteiger partial charge in [-0.3, -0.25) is 0 Å². The smallest absolute Gasteiger partial charge is 0.317 e. The lowest BCUT2D eigenvalue weighted by Crippen LogP contribution is -2.51. The summed E-state index contributed by atoms with van der Waals surface area (Å²) in [6.07, 6.45) is 3.31. The Balaban J connectivity index is 2.50. The molecule has 0 aromatic rings. The van der Waals surface area contributed by atoms with Gasteiger partial charge in [0.1, 0.15) is 0 Å². The van der Waals surface area contributed by atoms with Crippen molar-refractivity contribution < 1.29 is 4.79 Å². The average molecular weight is 199 g/mol. The van der Waals surface area contributed by atoms with Crippen molar-refractivity contribution in [2.45, 2.75) is 32.2 Å². The largest absolute Gasteiger partial charge is 0.341 e. The molecule has 14 heavy (non-hydrogen) atoms. The van der Waals surface area contributed by atoms with Crippen molar-refractivity contribution in [1.82, 2.24) is 15.5 Å². The van der Waals surface area contributed by atoms with Crippen LogP contribution in [0.4, 0.5) is 4.79 Å². The van der Waals surface area contributed by atoms with Gasteiger partial charge in [0.05, 0.1) is 0 Å². The second kappa shape index (κ2) is 5.86. The summed E-state index contributed by atoms with van der Waals surface area (Å²) in [5.74, 6) is 0. The van der Waals surface area contributed by atoms with E-state index in [9.17, 15) is 4.79 Å². The fraction of sp³-hybridized carbons (Fsp3) is 0.900. The minimum atomic E-state index is 0.0561. The lowest BCUT2D eigenvalue weighted by Gasteiger charge is -2.34. The molecular weight excluding hydrogens is 178 g/mol. The molecule has 0 radical (unpaired) electrons. The van der Waals surface area contributed by atoms with Crippen LogP contribution in [0.15, 0.2) is 0 Å². The summed E-state index contributed by atoms with van der Waals surface area (Å²) < 4.78 is 0. The van der Waals surface area contributed by atoms with Crippen LogP contribution in [0.5, 0.6) is 0 Å². The van der Waals surface area contributed by atoms with Gasteiger partial charge in [-0.1, -0.05) is 6.92 Å². The standard InChI is InChI=1S/C10H21N3O/c1-3-7-13(10(14)11-2)9-5-4-6-12-8-9/h9,12H,3-8H2,1-2H3,(H,11,14). The Morgan fingerprint density at radius 1 is 1.64 bits per heavy atom. The van der Waals surface area contributed by atoms with Gasteiger partial charge in [-0.15, -0.1) is 0 Å². The van der Waals surface area contributed by atoms with Crippen molar-refractivity contribution in [2.24, 2.45) is 0 Å². The molecule has 1 saturated heterocycles. The minimum absolute atomic E-state index is 0.0561. The predicted octanol–water partition coefficient (Wildman–Crippen LogP) is 0.790. The molecule has 1 heterocycles. The number of carbonyl (C=O) groups is 1. The highest BCUT2D eigenvalue weighted by Crippen LogP contribution is 2.10. The molecule has 2 N–H and O–H groups in total. The number of nitrogens with one attached hydrogen (secondary N) is 2. The second-order valence-corrected chi connectivity index (χ2v) is 3.75. The number of urea groups is 1. The molecule has 4 nitrogen and oxygen atoms in total. The maximum absolute atomic E-state index is 11.6. The third-order valence-corrected chi connectivity index (χ3v) is 2.65. The van der Waals surface area contributed by atoms with E-state index >= 15 is 0 Å². The zero-order valence-corrected chi connectivity index (χ0v) is 9.18. The minimum Gasteiger partial charge on any atom is -0.341 e. The zero-order chi connectivity index (χ0) is 10.4. The van der Waals surface area contributed by atoms with Gasteiger partial charge in [0.25, 0.3) is 0 Å². The van der Waals surface area contributed by atoms with Crippen molar-refractivity contribution in [2.75, 3.05) is 26.7 Å². The average Bonchev–Trinajstić information content (AvgIpc) is 2.26. The molecule has 1 unspecified atom stereocenters. The molecule has 0 spiro atoms. The molecule has 0 saturated carbocycles. The van der Waals surface area contributed by atoms with Crippen LogP contribution in [0.3, 0.4) is 0 Å². The van der Waals surface area contributed by atoms with E-state index in [0.717, 1.165) is 32.5 Å². The molecule has 1 atom stereocenters. The molecule has 82 valence electrons. The van der Waals surface area contributed by atoms with Crippen LogP contribution >= 0.6 is 0 Å². The highest BCUT2D eigenvalue weighted by Gasteiger charge is 2.23. The first-order valence-corrected chi connectivity index (χ1v) is 5.48. The molecular formula is C10H21N3O. The molecule has 1 rings (SSSR count). The molecule has 0 aliphatic carbocycles. The number of amides is 2. The first-order valence-electron chi connectivity index (χ1n) is 5.48. The monoisotopic (exact) mass is 199 g/mol. The van der Waals surface area contributed by atoms with Gasteiger partial charge < -0.3 is 15.5 Å². The highest BCUT2D eigenvalue weighted by atomic mass is 16.2. The second-order valence-electron chi connectivity index (χ2n) is 3.75. The summed E-state index contributed by atoms with van der Waals surface area (Å²) >= 11 is 0. The van der Waals surface area contributed by atoms with Crippen LogP contribution in [0, 0.1) is 0 Å². The van der Waals surface area contributed by atoms with Gasteiger partial charge in [0.15, 0.2) is 0 Å². The van der Waals surface area contributed by atoms with Gasteiger partial charge in [0, 0.05) is 26.2 Å². The van der Waals surface area contributed by atoms with Gasteiger partial charge in [-0.05, 0) is 25.8 Å². The summed E-state index contributed by atoms with van der Waals surface area (Å²) in [7, 11) is 1.70. The fourth-order valence-electron chi connectivity index (χ4n) is 1.93. The van der Waals surface area contributed by atoms with Crippen LogP contribution < -0.4 is 10.6 Å². The first kappa shape index (κ1) is 11.3. The molecule has 0 bridgehead atoms. The van der Waals surface area contributed by atoms with Crippen molar-refractivity contribution in [1.29, 1.82) is 0 Å². The number of hydrogen-bond acceptors (Lipinski definition) is 2. The summed E-state index contributed by atoms with van der Waals surface area (Å²) in [4.78, 5) is 13.5. The number of hydrogen-bond donors (Lipinski definition) is 2. The third kappa shape index (κ3) is 2.87. The van der Waals surface area contributed by atoms with E-state index in [0.29, 0.717) is 6.04 Å². The van der Waals surface area contributed by atoms with E-state index in [1.165, 1.54) is 6.42 Å². The summed E-state index contributed by atoms with van der Waals surface area (Å²) in [5.41, 5.74) is 0. The van der Waals surface area contributed by atoms with Crippen LogP contribution in [0.25, 0.3) is 0 Å². The van der Waals surface area contributed by atoms with E-state index in [-0.39, 0.29) is 6.03 Å². The van der Waals surface area contributed by atoms with Crippen LogP contribution in [0.2, 0.25) is 0 Å². The molecule has 0 aromatic heterocycles. The summed E-state index contributed by atoms with van der Waals surface area (Å²) in [6, 6.07) is 0.434. The Bertz CT molecular complexity index is 178. The SMILES string of the molecule is CCCN(C(=O)NC)C1CCCNC1. The van der Waals surface area contributed by atoms with Crippen molar-refractivity contribution in [3.8, 4) is 0 Å². The molecule has 1 aliphatic rings. The lowest BCUT2D eigenvalue weighted by molar-refractivity contribution is 0.162. The topological polar surface area (TPSA) is 44.4 Å². The number of carbonyl (C=O) groups excluding carboxylic acids is 1. The number of nitrogens with zero attached hydrogens (tertiary/aromatic N) is 1. The Kier molecular flexibility index (Phi) is 4.73. The fourth-order valence-corrected chi connectivity index (χ4v) is 1.93. The summed E-state index contributed by atoms with van der Waals surface area (Å²) in [5, 5.41) is 6.04. The lowest BCUT2D eigenvalue weighted by atomic mass is 10.1. The highest BCUT2D eigenvalue weighted by molar-refractivity contribution is 5.74. The predicted molar refractivity (Wildman–Crippen MR) is 57.3 cm³/mol. The van der Waals surface area contributed by atoms with Crippen molar-refractivity contribution in [3.05, 3.63) is 0 Å². The maximum Gasteiger partial charge on any atom is 0.317 e. The van der Waals surface area contributed by atoms with Gasteiger partial charge in [-0.2, -0.15) is 0 Å². The van der Waals surface area contributed by atoms with Gasteiger partial charge >= 0.3 is 6.03 Å². The van der Waals surface area contributed by atoms with E-state index in [2.05, 4.69) is 17.6 Å². The Morgan fingerprint density at radius 3 is 2.93 bits per heavy atom. The number of rotatable bonds is 3.